The maximum Gasteiger partial charge on any atom is 0.359 e. The number of carbonyl (C=O) groups excluding carboxylic acids is 1. The van der Waals surface area contributed by atoms with E-state index < -0.39 is 11.5 Å². The van der Waals surface area contributed by atoms with Gasteiger partial charge in [-0.05, 0) is 18.4 Å². The summed E-state index contributed by atoms with van der Waals surface area (Å²) in [6.45, 7) is 2.13. The number of esters is 1. The molecule has 3 heterocycles. The fourth-order valence-corrected chi connectivity index (χ4v) is 4.02. The lowest BCUT2D eigenvalue weighted by molar-refractivity contribution is -0.134. The van der Waals surface area contributed by atoms with Crippen molar-refractivity contribution in [3.8, 4) is 0 Å². The maximum absolute atomic E-state index is 12.0. The highest BCUT2D eigenvalue weighted by molar-refractivity contribution is 8.15. The van der Waals surface area contributed by atoms with Gasteiger partial charge in [0.25, 0.3) is 0 Å². The molecule has 0 amide bonds. The Morgan fingerprint density at radius 2 is 2.53 bits per heavy atom. The molecule has 3 rings (SSSR count). The number of imidazole rings is 1. The fraction of sp³-hybridized carbons (Fsp3) is 0.182. The van der Waals surface area contributed by atoms with Gasteiger partial charge in [0.2, 0.25) is 0 Å². The van der Waals surface area contributed by atoms with Crippen LogP contribution in [0, 0.1) is 0 Å². The SMILES string of the molecule is CCOC(=O)C1=N[SH](n2ccnc2)Nc2ccsc21. The minimum atomic E-state index is -1.08. The zero-order chi connectivity index (χ0) is 13.2. The third-order valence-electron chi connectivity index (χ3n) is 2.47. The van der Waals surface area contributed by atoms with E-state index in [9.17, 15) is 4.79 Å². The molecule has 0 spiro atoms. The molecule has 1 atom stereocenters. The zero-order valence-electron chi connectivity index (χ0n) is 10.1. The summed E-state index contributed by atoms with van der Waals surface area (Å²) in [5.74, 6) is -0.375. The van der Waals surface area contributed by atoms with Crippen LogP contribution in [0.15, 0.2) is 34.6 Å². The smallest absolute Gasteiger partial charge is 0.359 e. The van der Waals surface area contributed by atoms with E-state index in [-0.39, 0.29) is 5.97 Å². The minimum Gasteiger partial charge on any atom is -0.461 e. The number of nitrogens with one attached hydrogen (secondary N) is 1. The molecule has 8 heteroatoms. The summed E-state index contributed by atoms with van der Waals surface area (Å²) >= 11 is 0.403. The van der Waals surface area contributed by atoms with Crippen LogP contribution in [0.3, 0.4) is 0 Å². The average molecular weight is 296 g/mol. The van der Waals surface area contributed by atoms with Crippen LogP contribution < -0.4 is 4.72 Å². The Hall–Kier alpha value is -1.80. The van der Waals surface area contributed by atoms with Crippen LogP contribution >= 0.6 is 22.8 Å². The van der Waals surface area contributed by atoms with Crippen LogP contribution in [-0.4, -0.2) is 27.2 Å². The highest BCUT2D eigenvalue weighted by atomic mass is 32.2. The van der Waals surface area contributed by atoms with Crippen LogP contribution in [-0.2, 0) is 9.53 Å². The van der Waals surface area contributed by atoms with Gasteiger partial charge in [0.05, 0.1) is 17.2 Å². The van der Waals surface area contributed by atoms with Crippen molar-refractivity contribution in [1.29, 1.82) is 0 Å². The Bertz CT molecular complexity index is 620. The number of aromatic nitrogens is 2. The number of hydrogen-bond donors (Lipinski definition) is 2. The monoisotopic (exact) mass is 296 g/mol. The number of thiophene rings is 1. The molecule has 1 unspecified atom stereocenters. The molecular weight excluding hydrogens is 284 g/mol. The molecule has 1 aliphatic heterocycles. The maximum atomic E-state index is 12.0. The van der Waals surface area contributed by atoms with Crippen molar-refractivity contribution >= 4 is 40.2 Å². The van der Waals surface area contributed by atoms with Crippen molar-refractivity contribution in [3.63, 3.8) is 0 Å². The number of hydrogen-bond acceptors (Lipinski definition) is 6. The quantitative estimate of drug-likeness (QED) is 0.671. The van der Waals surface area contributed by atoms with Gasteiger partial charge in [0.1, 0.15) is 6.33 Å². The predicted octanol–water partition coefficient (Wildman–Crippen LogP) is 2.02. The van der Waals surface area contributed by atoms with Crippen LogP contribution in [0.5, 0.6) is 0 Å². The van der Waals surface area contributed by atoms with Gasteiger partial charge in [-0.2, -0.15) is 4.40 Å². The first-order valence-electron chi connectivity index (χ1n) is 5.68. The third-order valence-corrected chi connectivity index (χ3v) is 4.90. The van der Waals surface area contributed by atoms with Crippen molar-refractivity contribution in [2.45, 2.75) is 6.92 Å². The average Bonchev–Trinajstić information content (AvgIpc) is 3.08. The van der Waals surface area contributed by atoms with Gasteiger partial charge in [0.15, 0.2) is 5.71 Å². The number of fused-ring (bicyclic) bond motifs is 1. The summed E-state index contributed by atoms with van der Waals surface area (Å²) in [5.41, 5.74) is 1.31. The summed E-state index contributed by atoms with van der Waals surface area (Å²) in [7, 11) is 0. The van der Waals surface area contributed by atoms with E-state index in [1.807, 2.05) is 21.6 Å². The lowest BCUT2D eigenvalue weighted by Crippen LogP contribution is -2.23. The molecule has 100 valence electrons. The Kier molecular flexibility index (Phi) is 3.26. The van der Waals surface area contributed by atoms with Gasteiger partial charge < -0.3 is 9.46 Å². The van der Waals surface area contributed by atoms with Crippen molar-refractivity contribution in [2.75, 3.05) is 11.3 Å². The minimum absolute atomic E-state index is 0.342. The molecule has 0 saturated carbocycles. The molecular formula is C11H12N4O2S2. The fourth-order valence-electron chi connectivity index (χ4n) is 1.66. The second kappa shape index (κ2) is 5.06. The van der Waals surface area contributed by atoms with E-state index in [4.69, 9.17) is 4.74 Å². The van der Waals surface area contributed by atoms with E-state index in [1.165, 1.54) is 11.3 Å². The Labute approximate surface area is 116 Å². The third kappa shape index (κ3) is 2.24. The standard InChI is InChI=1S/C11H12N4O2S2/c1-2-17-11(16)9-10-8(3-6-18-10)13-19(14-9)15-5-4-12-7-15/h3-7,13,19H,2H2,1H3. The second-order valence-electron chi connectivity index (χ2n) is 3.68. The highest BCUT2D eigenvalue weighted by Crippen LogP contribution is 2.40. The van der Waals surface area contributed by atoms with E-state index in [0.717, 1.165) is 10.6 Å². The predicted molar refractivity (Wildman–Crippen MR) is 77.7 cm³/mol. The molecule has 0 aliphatic carbocycles. The van der Waals surface area contributed by atoms with Crippen molar-refractivity contribution in [1.82, 2.24) is 8.96 Å². The van der Waals surface area contributed by atoms with Gasteiger partial charge in [-0.1, -0.05) is 0 Å². The molecule has 19 heavy (non-hydrogen) atoms. The van der Waals surface area contributed by atoms with E-state index >= 15 is 0 Å². The van der Waals surface area contributed by atoms with Crippen molar-refractivity contribution in [3.05, 3.63) is 35.0 Å². The first-order chi connectivity index (χ1) is 9.29. The number of nitrogens with zero attached hydrogens (tertiary/aromatic N) is 3. The van der Waals surface area contributed by atoms with E-state index in [2.05, 4.69) is 14.1 Å². The molecule has 0 radical (unpaired) electrons. The molecule has 1 aliphatic rings. The molecule has 2 aromatic heterocycles. The van der Waals surface area contributed by atoms with Crippen LogP contribution in [0.2, 0.25) is 0 Å². The molecule has 0 fully saturated rings. The summed E-state index contributed by atoms with van der Waals surface area (Å²) in [5, 5.41) is 1.93. The molecule has 0 saturated heterocycles. The Morgan fingerprint density at radius 3 is 3.26 bits per heavy atom. The van der Waals surface area contributed by atoms with Crippen LogP contribution in [0.25, 0.3) is 0 Å². The van der Waals surface area contributed by atoms with Gasteiger partial charge in [0, 0.05) is 23.8 Å². The molecule has 1 N–H and O–H groups in total. The number of rotatable bonds is 3. The number of ether oxygens (including phenoxy) is 1. The van der Waals surface area contributed by atoms with Crippen molar-refractivity contribution in [2.24, 2.45) is 4.40 Å². The summed E-state index contributed by atoms with van der Waals surface area (Å²) in [4.78, 5) is 16.8. The number of carbonyl (C=O) groups is 1. The van der Waals surface area contributed by atoms with Gasteiger partial charge in [-0.3, -0.25) is 3.97 Å². The topological polar surface area (TPSA) is 68.5 Å². The normalized spacial score (nSPS) is 19.2. The number of thiol groups is 1. The summed E-state index contributed by atoms with van der Waals surface area (Å²) < 4.78 is 14.7. The van der Waals surface area contributed by atoms with Gasteiger partial charge in [-0.15, -0.1) is 11.3 Å². The number of anilines is 1. The lowest BCUT2D eigenvalue weighted by Gasteiger charge is -2.25. The highest BCUT2D eigenvalue weighted by Gasteiger charge is 2.26. The molecule has 6 nitrogen and oxygen atoms in total. The Balaban J connectivity index is 2.00. The van der Waals surface area contributed by atoms with E-state index in [0.29, 0.717) is 12.3 Å². The summed E-state index contributed by atoms with van der Waals surface area (Å²) in [6, 6.07) is 1.94. The first-order valence-corrected chi connectivity index (χ1v) is 7.81. The molecule has 0 bridgehead atoms. The van der Waals surface area contributed by atoms with Crippen LogP contribution in [0.1, 0.15) is 11.8 Å². The Morgan fingerprint density at radius 1 is 1.63 bits per heavy atom. The molecule has 2 aromatic rings. The summed E-state index contributed by atoms with van der Waals surface area (Å²) in [6.07, 6.45) is 5.19. The first kappa shape index (κ1) is 12.2. The lowest BCUT2D eigenvalue weighted by atomic mass is 10.3. The molecule has 0 aromatic carbocycles. The van der Waals surface area contributed by atoms with Gasteiger partial charge >= 0.3 is 5.97 Å². The largest absolute Gasteiger partial charge is 0.461 e. The van der Waals surface area contributed by atoms with Crippen LogP contribution in [0.4, 0.5) is 5.69 Å². The zero-order valence-corrected chi connectivity index (χ0v) is 11.8. The second-order valence-corrected chi connectivity index (χ2v) is 6.06. The van der Waals surface area contributed by atoms with E-state index in [1.54, 1.807) is 19.4 Å². The van der Waals surface area contributed by atoms with Crippen molar-refractivity contribution < 1.29 is 9.53 Å². The van der Waals surface area contributed by atoms with Gasteiger partial charge in [-0.25, -0.2) is 9.78 Å².